The Labute approximate surface area is 138 Å². The number of aliphatic hydroxyl groups excluding tert-OH is 1. The van der Waals surface area contributed by atoms with Crippen LogP contribution >= 0.6 is 0 Å². The normalized spacial score (nSPS) is 18.1. The standard InChI is InChI=1S/C16H21F3N2O3/c1-2-13(20-15(23)21-7-9-24-10-8-21)14(22)11-3-5-12(6-4-11)16(17,18)19/h3-6,13-14,22H,2,7-10H2,1H3,(H,20,23). The molecule has 2 rings (SSSR count). The molecule has 8 heteroatoms. The molecule has 1 aliphatic rings. The predicted molar refractivity (Wildman–Crippen MR) is 81.4 cm³/mol. The van der Waals surface area contributed by atoms with Crippen molar-refractivity contribution >= 4 is 6.03 Å². The van der Waals surface area contributed by atoms with Gasteiger partial charge in [0.1, 0.15) is 0 Å². The monoisotopic (exact) mass is 346 g/mol. The van der Waals surface area contributed by atoms with E-state index in [9.17, 15) is 23.1 Å². The molecule has 5 nitrogen and oxygen atoms in total. The Balaban J connectivity index is 2.02. The van der Waals surface area contributed by atoms with Crippen LogP contribution < -0.4 is 5.32 Å². The number of hydrogen-bond acceptors (Lipinski definition) is 3. The highest BCUT2D eigenvalue weighted by Gasteiger charge is 2.31. The minimum atomic E-state index is -4.42. The molecule has 2 atom stereocenters. The van der Waals surface area contributed by atoms with E-state index in [0.717, 1.165) is 12.1 Å². The van der Waals surface area contributed by atoms with Crippen LogP contribution in [0.2, 0.25) is 0 Å². The fraction of sp³-hybridized carbons (Fsp3) is 0.562. The van der Waals surface area contributed by atoms with Crippen LogP contribution in [-0.2, 0) is 10.9 Å². The van der Waals surface area contributed by atoms with Crippen LogP contribution in [0.4, 0.5) is 18.0 Å². The molecule has 1 aliphatic heterocycles. The van der Waals surface area contributed by atoms with E-state index in [0.29, 0.717) is 38.3 Å². The van der Waals surface area contributed by atoms with Crippen LogP contribution in [0.3, 0.4) is 0 Å². The van der Waals surface area contributed by atoms with Gasteiger partial charge in [0.05, 0.1) is 30.9 Å². The average Bonchev–Trinajstić information content (AvgIpc) is 2.59. The third-order valence-electron chi connectivity index (χ3n) is 4.01. The molecule has 0 spiro atoms. The van der Waals surface area contributed by atoms with Crippen molar-refractivity contribution in [3.63, 3.8) is 0 Å². The van der Waals surface area contributed by atoms with Crippen LogP contribution in [0.5, 0.6) is 0 Å². The second kappa shape index (κ2) is 7.85. The van der Waals surface area contributed by atoms with Gasteiger partial charge >= 0.3 is 12.2 Å². The number of nitrogens with one attached hydrogen (secondary N) is 1. The highest BCUT2D eigenvalue weighted by Crippen LogP contribution is 2.30. The number of hydrogen-bond donors (Lipinski definition) is 2. The van der Waals surface area contributed by atoms with Crippen molar-refractivity contribution < 1.29 is 27.8 Å². The van der Waals surface area contributed by atoms with E-state index in [-0.39, 0.29) is 6.03 Å². The van der Waals surface area contributed by atoms with Crippen molar-refractivity contribution in [3.05, 3.63) is 35.4 Å². The van der Waals surface area contributed by atoms with E-state index in [1.54, 1.807) is 11.8 Å². The maximum Gasteiger partial charge on any atom is 0.416 e. The van der Waals surface area contributed by atoms with Crippen molar-refractivity contribution in [1.29, 1.82) is 0 Å². The minimum absolute atomic E-state index is 0.309. The molecule has 0 saturated carbocycles. The number of carbonyl (C=O) groups is 1. The molecule has 0 bridgehead atoms. The summed E-state index contributed by atoms with van der Waals surface area (Å²) in [7, 11) is 0. The SMILES string of the molecule is CCC(NC(=O)N1CCOCC1)C(O)c1ccc(C(F)(F)F)cc1. The summed E-state index contributed by atoms with van der Waals surface area (Å²) >= 11 is 0. The number of halogens is 3. The van der Waals surface area contributed by atoms with Crippen molar-refractivity contribution in [2.75, 3.05) is 26.3 Å². The highest BCUT2D eigenvalue weighted by molar-refractivity contribution is 5.74. The topological polar surface area (TPSA) is 61.8 Å². The quantitative estimate of drug-likeness (QED) is 0.881. The van der Waals surface area contributed by atoms with Gasteiger partial charge in [-0.2, -0.15) is 13.2 Å². The summed E-state index contributed by atoms with van der Waals surface area (Å²) in [5.41, 5.74) is -0.444. The number of benzene rings is 1. The Morgan fingerprint density at radius 3 is 2.38 bits per heavy atom. The fourth-order valence-electron chi connectivity index (χ4n) is 2.52. The van der Waals surface area contributed by atoms with Gasteiger partial charge in [-0.1, -0.05) is 19.1 Å². The van der Waals surface area contributed by atoms with E-state index in [4.69, 9.17) is 4.74 Å². The molecule has 0 aromatic heterocycles. The summed E-state index contributed by atoms with van der Waals surface area (Å²) in [6.45, 7) is 3.66. The molecule has 1 saturated heterocycles. The Morgan fingerprint density at radius 2 is 1.88 bits per heavy atom. The van der Waals surface area contributed by atoms with Crippen molar-refractivity contribution in [2.24, 2.45) is 0 Å². The molecule has 134 valence electrons. The third-order valence-corrected chi connectivity index (χ3v) is 4.01. The number of morpholine rings is 1. The van der Waals surface area contributed by atoms with Crippen LogP contribution in [0.1, 0.15) is 30.6 Å². The first-order valence-electron chi connectivity index (χ1n) is 7.81. The number of urea groups is 1. The first-order valence-corrected chi connectivity index (χ1v) is 7.81. The molecular formula is C16H21F3N2O3. The Kier molecular flexibility index (Phi) is 6.06. The molecule has 2 N–H and O–H groups in total. The molecule has 1 fully saturated rings. The zero-order chi connectivity index (χ0) is 17.7. The van der Waals surface area contributed by atoms with Gasteiger partial charge in [0.15, 0.2) is 0 Å². The van der Waals surface area contributed by atoms with E-state index >= 15 is 0 Å². The molecule has 1 heterocycles. The van der Waals surface area contributed by atoms with E-state index in [1.165, 1.54) is 12.1 Å². The number of ether oxygens (including phenoxy) is 1. The van der Waals surface area contributed by atoms with Gasteiger partial charge in [-0.05, 0) is 24.1 Å². The third kappa shape index (κ3) is 4.61. The van der Waals surface area contributed by atoms with E-state index in [1.807, 2.05) is 0 Å². The summed E-state index contributed by atoms with van der Waals surface area (Å²) in [5, 5.41) is 13.1. The lowest BCUT2D eigenvalue weighted by atomic mass is 9.99. The summed E-state index contributed by atoms with van der Waals surface area (Å²) in [6, 6.07) is 3.42. The second-order valence-corrected chi connectivity index (χ2v) is 5.63. The lowest BCUT2D eigenvalue weighted by Gasteiger charge is -2.30. The molecule has 2 amide bonds. The lowest BCUT2D eigenvalue weighted by molar-refractivity contribution is -0.137. The Bertz CT molecular complexity index is 542. The van der Waals surface area contributed by atoms with Crippen molar-refractivity contribution in [3.8, 4) is 0 Å². The molecular weight excluding hydrogens is 325 g/mol. The average molecular weight is 346 g/mol. The summed E-state index contributed by atoms with van der Waals surface area (Å²) in [5.74, 6) is 0. The van der Waals surface area contributed by atoms with Crippen LogP contribution in [-0.4, -0.2) is 48.4 Å². The zero-order valence-electron chi connectivity index (χ0n) is 13.3. The van der Waals surface area contributed by atoms with Gasteiger partial charge in [-0.25, -0.2) is 4.79 Å². The summed E-state index contributed by atoms with van der Waals surface area (Å²) in [4.78, 5) is 13.8. The number of rotatable bonds is 4. The molecule has 1 aromatic rings. The molecule has 0 aliphatic carbocycles. The van der Waals surface area contributed by atoms with Crippen LogP contribution in [0.25, 0.3) is 0 Å². The summed E-state index contributed by atoms with van der Waals surface area (Å²) < 4.78 is 42.9. The maximum absolute atomic E-state index is 12.6. The van der Waals surface area contributed by atoms with Gasteiger partial charge in [0, 0.05) is 13.1 Å². The van der Waals surface area contributed by atoms with Crippen LogP contribution in [0.15, 0.2) is 24.3 Å². The predicted octanol–water partition coefficient (Wildman–Crippen LogP) is 2.56. The summed E-state index contributed by atoms with van der Waals surface area (Å²) in [6.07, 6.45) is -5.06. The molecule has 2 unspecified atom stereocenters. The van der Waals surface area contributed by atoms with Gasteiger partial charge < -0.3 is 20.1 Å². The number of alkyl halides is 3. The maximum atomic E-state index is 12.6. The number of aliphatic hydroxyl groups is 1. The zero-order valence-corrected chi connectivity index (χ0v) is 13.3. The minimum Gasteiger partial charge on any atom is -0.386 e. The van der Waals surface area contributed by atoms with Gasteiger partial charge in [-0.15, -0.1) is 0 Å². The first-order chi connectivity index (χ1) is 11.3. The van der Waals surface area contributed by atoms with Gasteiger partial charge in [-0.3, -0.25) is 0 Å². The second-order valence-electron chi connectivity index (χ2n) is 5.63. The first kappa shape index (κ1) is 18.5. The smallest absolute Gasteiger partial charge is 0.386 e. The van der Waals surface area contributed by atoms with Gasteiger partial charge in [0.2, 0.25) is 0 Å². The van der Waals surface area contributed by atoms with Crippen LogP contribution in [0, 0.1) is 0 Å². The van der Waals surface area contributed by atoms with E-state index in [2.05, 4.69) is 5.32 Å². The Hall–Kier alpha value is -1.80. The highest BCUT2D eigenvalue weighted by atomic mass is 19.4. The fourth-order valence-corrected chi connectivity index (χ4v) is 2.52. The number of amides is 2. The number of carbonyl (C=O) groups excluding carboxylic acids is 1. The Morgan fingerprint density at radius 1 is 1.29 bits per heavy atom. The molecule has 0 radical (unpaired) electrons. The lowest BCUT2D eigenvalue weighted by Crippen LogP contribution is -2.50. The van der Waals surface area contributed by atoms with Crippen molar-refractivity contribution in [2.45, 2.75) is 31.7 Å². The largest absolute Gasteiger partial charge is 0.416 e. The van der Waals surface area contributed by atoms with Gasteiger partial charge in [0.25, 0.3) is 0 Å². The molecule has 24 heavy (non-hydrogen) atoms. The van der Waals surface area contributed by atoms with E-state index < -0.39 is 23.9 Å². The molecule has 1 aromatic carbocycles. The number of nitrogens with zero attached hydrogens (tertiary/aromatic N) is 1. The van der Waals surface area contributed by atoms with Crippen molar-refractivity contribution in [1.82, 2.24) is 10.2 Å².